The van der Waals surface area contributed by atoms with Crippen molar-refractivity contribution in [2.45, 2.75) is 13.3 Å². The predicted molar refractivity (Wildman–Crippen MR) is 60.9 cm³/mol. The highest BCUT2D eigenvalue weighted by Crippen LogP contribution is 2.19. The lowest BCUT2D eigenvalue weighted by molar-refractivity contribution is -0.115. The van der Waals surface area contributed by atoms with Crippen molar-refractivity contribution in [3.63, 3.8) is 0 Å². The maximum atomic E-state index is 11.2. The topological polar surface area (TPSA) is 55.1 Å². The number of amides is 1. The minimum Gasteiger partial charge on any atom is -0.445 e. The minimum absolute atomic E-state index is 0.00359. The van der Waals surface area contributed by atoms with Crippen molar-refractivity contribution in [2.75, 3.05) is 5.32 Å². The molecule has 0 aliphatic heterocycles. The number of aromatic nitrogens is 1. The van der Waals surface area contributed by atoms with E-state index in [2.05, 4.69) is 10.3 Å². The number of anilines is 1. The lowest BCUT2D eigenvalue weighted by Crippen LogP contribution is -2.08. The standard InChI is InChI=1S/C12H12N2O2/c1-2-11(15)14-10-5-3-9(4-6-10)12-13-7-8-16-12/h3-8H,2H2,1H3,(H,14,15). The molecule has 0 atom stereocenters. The van der Waals surface area contributed by atoms with Crippen LogP contribution in [0.4, 0.5) is 5.69 Å². The van der Waals surface area contributed by atoms with E-state index in [1.54, 1.807) is 6.20 Å². The fraction of sp³-hybridized carbons (Fsp3) is 0.167. The number of carbonyl (C=O) groups is 1. The molecule has 0 spiro atoms. The Morgan fingerprint density at radius 1 is 1.38 bits per heavy atom. The van der Waals surface area contributed by atoms with Gasteiger partial charge in [0.1, 0.15) is 6.26 Å². The van der Waals surface area contributed by atoms with Crippen LogP contribution in [0.1, 0.15) is 13.3 Å². The van der Waals surface area contributed by atoms with Crippen LogP contribution in [0.25, 0.3) is 11.5 Å². The summed E-state index contributed by atoms with van der Waals surface area (Å²) in [6.45, 7) is 1.82. The average Bonchev–Trinajstić information content (AvgIpc) is 2.83. The molecule has 4 nitrogen and oxygen atoms in total. The highest BCUT2D eigenvalue weighted by Gasteiger charge is 2.03. The van der Waals surface area contributed by atoms with E-state index in [4.69, 9.17) is 4.42 Å². The van der Waals surface area contributed by atoms with Crippen LogP contribution in [0.5, 0.6) is 0 Å². The molecule has 2 aromatic rings. The molecule has 0 aliphatic rings. The summed E-state index contributed by atoms with van der Waals surface area (Å²) < 4.78 is 5.16. The summed E-state index contributed by atoms with van der Waals surface area (Å²) in [5.41, 5.74) is 1.67. The molecule has 1 heterocycles. The third kappa shape index (κ3) is 2.28. The molecule has 0 fully saturated rings. The second-order valence-corrected chi connectivity index (χ2v) is 3.32. The number of carbonyl (C=O) groups excluding carboxylic acids is 1. The maximum absolute atomic E-state index is 11.2. The Morgan fingerprint density at radius 3 is 2.69 bits per heavy atom. The Balaban J connectivity index is 2.14. The Bertz CT molecular complexity index is 460. The molecule has 0 aliphatic carbocycles. The molecule has 82 valence electrons. The smallest absolute Gasteiger partial charge is 0.225 e. The molecule has 4 heteroatoms. The second-order valence-electron chi connectivity index (χ2n) is 3.32. The van der Waals surface area contributed by atoms with Crippen LogP contribution < -0.4 is 5.32 Å². The van der Waals surface area contributed by atoms with Gasteiger partial charge < -0.3 is 9.73 Å². The van der Waals surface area contributed by atoms with E-state index < -0.39 is 0 Å². The van der Waals surface area contributed by atoms with Gasteiger partial charge in [0.2, 0.25) is 11.8 Å². The van der Waals surface area contributed by atoms with Crippen LogP contribution in [0.15, 0.2) is 41.1 Å². The molecule has 0 unspecified atom stereocenters. The highest BCUT2D eigenvalue weighted by atomic mass is 16.3. The molecule has 0 saturated heterocycles. The van der Waals surface area contributed by atoms with Gasteiger partial charge in [0.05, 0.1) is 6.20 Å². The largest absolute Gasteiger partial charge is 0.445 e. The normalized spacial score (nSPS) is 10.1. The fourth-order valence-electron chi connectivity index (χ4n) is 1.31. The van der Waals surface area contributed by atoms with E-state index in [0.29, 0.717) is 12.3 Å². The van der Waals surface area contributed by atoms with Crippen molar-refractivity contribution in [3.05, 3.63) is 36.7 Å². The van der Waals surface area contributed by atoms with Gasteiger partial charge in [-0.3, -0.25) is 4.79 Å². The third-order valence-corrected chi connectivity index (χ3v) is 2.17. The molecule has 1 amide bonds. The van der Waals surface area contributed by atoms with Gasteiger partial charge in [-0.25, -0.2) is 4.98 Å². The maximum Gasteiger partial charge on any atom is 0.225 e. The van der Waals surface area contributed by atoms with E-state index in [1.807, 2.05) is 31.2 Å². The van der Waals surface area contributed by atoms with E-state index >= 15 is 0 Å². The first kappa shape index (κ1) is 10.4. The van der Waals surface area contributed by atoms with Gasteiger partial charge in [0, 0.05) is 17.7 Å². The third-order valence-electron chi connectivity index (χ3n) is 2.17. The van der Waals surface area contributed by atoms with Gasteiger partial charge in [0.25, 0.3) is 0 Å². The number of nitrogens with zero attached hydrogens (tertiary/aromatic N) is 1. The zero-order valence-corrected chi connectivity index (χ0v) is 8.93. The van der Waals surface area contributed by atoms with Crippen LogP contribution in [-0.4, -0.2) is 10.9 Å². The summed E-state index contributed by atoms with van der Waals surface area (Å²) >= 11 is 0. The van der Waals surface area contributed by atoms with Crippen molar-refractivity contribution in [1.29, 1.82) is 0 Å². The number of rotatable bonds is 3. The number of nitrogens with one attached hydrogen (secondary N) is 1. The highest BCUT2D eigenvalue weighted by molar-refractivity contribution is 5.90. The lowest BCUT2D eigenvalue weighted by atomic mass is 10.2. The average molecular weight is 216 g/mol. The van der Waals surface area contributed by atoms with Gasteiger partial charge in [-0.1, -0.05) is 6.92 Å². The molecule has 0 bridgehead atoms. The number of hydrogen-bond acceptors (Lipinski definition) is 3. The first-order chi connectivity index (χ1) is 7.79. The van der Waals surface area contributed by atoms with Crippen LogP contribution >= 0.6 is 0 Å². The van der Waals surface area contributed by atoms with Gasteiger partial charge in [-0.2, -0.15) is 0 Å². The summed E-state index contributed by atoms with van der Waals surface area (Å²) in [5, 5.41) is 2.77. The predicted octanol–water partition coefficient (Wildman–Crippen LogP) is 2.69. The fourth-order valence-corrected chi connectivity index (χ4v) is 1.31. The van der Waals surface area contributed by atoms with Crippen molar-refractivity contribution < 1.29 is 9.21 Å². The summed E-state index contributed by atoms with van der Waals surface area (Å²) in [7, 11) is 0. The summed E-state index contributed by atoms with van der Waals surface area (Å²) in [6, 6.07) is 7.37. The number of benzene rings is 1. The van der Waals surface area contributed by atoms with E-state index in [0.717, 1.165) is 11.3 Å². The van der Waals surface area contributed by atoms with Crippen molar-refractivity contribution in [1.82, 2.24) is 4.98 Å². The molecule has 0 saturated carbocycles. The SMILES string of the molecule is CCC(=O)Nc1ccc(-c2ncco2)cc1. The summed E-state index contributed by atoms with van der Waals surface area (Å²) in [5.74, 6) is 0.581. The van der Waals surface area contributed by atoms with Gasteiger partial charge >= 0.3 is 0 Å². The Morgan fingerprint density at radius 2 is 2.12 bits per heavy atom. The first-order valence-electron chi connectivity index (χ1n) is 5.09. The number of hydrogen-bond donors (Lipinski definition) is 1. The van der Waals surface area contributed by atoms with Crippen LogP contribution in [0.2, 0.25) is 0 Å². The Hall–Kier alpha value is -2.10. The van der Waals surface area contributed by atoms with Gasteiger partial charge in [-0.15, -0.1) is 0 Å². The number of oxazole rings is 1. The van der Waals surface area contributed by atoms with Gasteiger partial charge in [-0.05, 0) is 24.3 Å². The van der Waals surface area contributed by atoms with E-state index in [-0.39, 0.29) is 5.91 Å². The van der Waals surface area contributed by atoms with Crippen LogP contribution in [0.3, 0.4) is 0 Å². The minimum atomic E-state index is 0.00359. The lowest BCUT2D eigenvalue weighted by Gasteiger charge is -2.03. The van der Waals surface area contributed by atoms with Crippen molar-refractivity contribution in [3.8, 4) is 11.5 Å². The van der Waals surface area contributed by atoms with E-state index in [9.17, 15) is 4.79 Å². The van der Waals surface area contributed by atoms with Gasteiger partial charge in [0.15, 0.2) is 0 Å². The zero-order valence-electron chi connectivity index (χ0n) is 8.93. The van der Waals surface area contributed by atoms with Crippen LogP contribution in [-0.2, 0) is 4.79 Å². The zero-order chi connectivity index (χ0) is 11.4. The molecule has 1 aromatic heterocycles. The monoisotopic (exact) mass is 216 g/mol. The molecular weight excluding hydrogens is 204 g/mol. The molecule has 1 N–H and O–H groups in total. The Kier molecular flexibility index (Phi) is 3.00. The molecule has 0 radical (unpaired) electrons. The van der Waals surface area contributed by atoms with Crippen molar-refractivity contribution in [2.24, 2.45) is 0 Å². The molecule has 16 heavy (non-hydrogen) atoms. The quantitative estimate of drug-likeness (QED) is 0.858. The molecule has 2 rings (SSSR count). The second kappa shape index (κ2) is 4.61. The molecular formula is C12H12N2O2. The molecule has 1 aromatic carbocycles. The first-order valence-corrected chi connectivity index (χ1v) is 5.09. The van der Waals surface area contributed by atoms with Crippen molar-refractivity contribution >= 4 is 11.6 Å². The summed E-state index contributed by atoms with van der Waals surface area (Å²) in [4.78, 5) is 15.2. The van der Waals surface area contributed by atoms with E-state index in [1.165, 1.54) is 6.26 Å². The summed E-state index contributed by atoms with van der Waals surface area (Å²) in [6.07, 6.45) is 3.60. The Labute approximate surface area is 93.3 Å². The van der Waals surface area contributed by atoms with Crippen LogP contribution in [0, 0.1) is 0 Å².